The minimum Gasteiger partial charge on any atom is -0.0841 e. The molecule has 0 N–H and O–H groups in total. The summed E-state index contributed by atoms with van der Waals surface area (Å²) >= 11 is 0. The van der Waals surface area contributed by atoms with Gasteiger partial charge in [0.25, 0.3) is 0 Å². The van der Waals surface area contributed by atoms with Crippen LogP contribution in [0.1, 0.15) is 126 Å². The fourth-order valence-electron chi connectivity index (χ4n) is 10.6. The second kappa shape index (κ2) is 6.20. The van der Waals surface area contributed by atoms with Gasteiger partial charge in [0.1, 0.15) is 0 Å². The highest BCUT2D eigenvalue weighted by atomic mass is 14.7. The molecule has 170 valence electrons. The first-order valence-corrected chi connectivity index (χ1v) is 13.5. The predicted molar refractivity (Wildman–Crippen MR) is 129 cm³/mol. The molecule has 0 heteroatoms. The van der Waals surface area contributed by atoms with Crippen molar-refractivity contribution in [1.82, 2.24) is 0 Å². The average molecular weight is 411 g/mol. The molecule has 0 spiro atoms. The monoisotopic (exact) mass is 410 g/mol. The van der Waals surface area contributed by atoms with E-state index in [9.17, 15) is 0 Å². The maximum absolute atomic E-state index is 2.85. The van der Waals surface area contributed by atoms with E-state index in [4.69, 9.17) is 0 Å². The third-order valence-corrected chi connectivity index (χ3v) is 12.8. The van der Waals surface area contributed by atoms with Gasteiger partial charge >= 0.3 is 0 Å². The van der Waals surface area contributed by atoms with E-state index in [-0.39, 0.29) is 0 Å². The van der Waals surface area contributed by atoms with Crippen LogP contribution < -0.4 is 0 Å². The molecule has 0 nitrogen and oxygen atoms in total. The first kappa shape index (κ1) is 21.6. The van der Waals surface area contributed by atoms with Gasteiger partial charge in [-0.2, -0.15) is 0 Å². The lowest BCUT2D eigenvalue weighted by atomic mass is 9.34. The summed E-state index contributed by atoms with van der Waals surface area (Å²) in [5, 5.41) is 0. The van der Waals surface area contributed by atoms with Crippen LogP contribution >= 0.6 is 0 Å². The number of rotatable bonds is 0. The SMILES string of the molecule is CC1(C)CCC2(C)CCC3(C)C(=CCC4C5(C)CCCC(C)(C)C5CCC43C)C2C1. The Hall–Kier alpha value is -0.260. The maximum Gasteiger partial charge on any atom is -0.00565 e. The summed E-state index contributed by atoms with van der Waals surface area (Å²) in [5.74, 6) is 2.65. The van der Waals surface area contributed by atoms with Crippen LogP contribution in [0, 0.1) is 50.2 Å². The third-order valence-electron chi connectivity index (χ3n) is 12.8. The third kappa shape index (κ3) is 2.64. The molecule has 5 aliphatic carbocycles. The van der Waals surface area contributed by atoms with Crippen molar-refractivity contribution in [1.29, 1.82) is 0 Å². The number of hydrogen-bond donors (Lipinski definition) is 0. The Bertz CT molecular complexity index is 754. The lowest BCUT2D eigenvalue weighted by molar-refractivity contribution is -0.179. The number of fused-ring (bicyclic) bond motifs is 7. The standard InChI is InChI=1S/C30H50/c1-25(2)16-17-27(5)18-19-29(7)21(22(27)20-25)10-11-24-28(6)14-9-13-26(3,4)23(28)12-15-30(24,29)8/h10,22-24H,9,11-20H2,1-8H3. The highest BCUT2D eigenvalue weighted by Crippen LogP contribution is 2.75. The summed E-state index contributed by atoms with van der Waals surface area (Å²) in [4.78, 5) is 0. The van der Waals surface area contributed by atoms with E-state index in [1.54, 1.807) is 0 Å². The van der Waals surface area contributed by atoms with Crippen molar-refractivity contribution in [3.63, 3.8) is 0 Å². The smallest absolute Gasteiger partial charge is 0.00565 e. The molecule has 0 aliphatic heterocycles. The molecule has 0 aromatic heterocycles. The molecule has 4 fully saturated rings. The summed E-state index contributed by atoms with van der Waals surface area (Å²) in [6, 6.07) is 0. The fourth-order valence-corrected chi connectivity index (χ4v) is 10.6. The van der Waals surface area contributed by atoms with Crippen LogP contribution in [-0.2, 0) is 0 Å². The van der Waals surface area contributed by atoms with E-state index >= 15 is 0 Å². The fraction of sp³-hybridized carbons (Fsp3) is 0.933. The van der Waals surface area contributed by atoms with Gasteiger partial charge in [0, 0.05) is 0 Å². The molecule has 7 atom stereocenters. The molecule has 0 aromatic rings. The molecule has 5 aliphatic rings. The molecule has 5 rings (SSSR count). The van der Waals surface area contributed by atoms with Crippen molar-refractivity contribution in [2.45, 2.75) is 126 Å². The predicted octanol–water partition coefficient (Wildman–Crippen LogP) is 9.20. The zero-order valence-electron chi connectivity index (χ0n) is 21.6. The van der Waals surface area contributed by atoms with E-state index in [1.807, 2.05) is 5.57 Å². The van der Waals surface area contributed by atoms with Crippen molar-refractivity contribution in [2.75, 3.05) is 0 Å². The quantitative estimate of drug-likeness (QED) is 0.349. The Balaban J connectivity index is 1.58. The van der Waals surface area contributed by atoms with Gasteiger partial charge in [-0.05, 0) is 114 Å². The zero-order valence-corrected chi connectivity index (χ0v) is 21.6. The van der Waals surface area contributed by atoms with Crippen molar-refractivity contribution in [2.24, 2.45) is 50.2 Å². The normalized spacial score (nSPS) is 54.1. The second-order valence-corrected chi connectivity index (χ2v) is 15.2. The van der Waals surface area contributed by atoms with Crippen LogP contribution in [0.5, 0.6) is 0 Å². The molecule has 0 bridgehead atoms. The Morgan fingerprint density at radius 1 is 0.733 bits per heavy atom. The first-order valence-electron chi connectivity index (χ1n) is 13.5. The molecule has 0 radical (unpaired) electrons. The number of hydrogen-bond acceptors (Lipinski definition) is 0. The Labute approximate surface area is 188 Å². The molecule has 0 heterocycles. The van der Waals surface area contributed by atoms with Gasteiger partial charge in [0.05, 0.1) is 0 Å². The Morgan fingerprint density at radius 2 is 1.43 bits per heavy atom. The van der Waals surface area contributed by atoms with Gasteiger partial charge in [-0.15, -0.1) is 0 Å². The highest BCUT2D eigenvalue weighted by Gasteiger charge is 2.66. The van der Waals surface area contributed by atoms with Crippen LogP contribution in [0.15, 0.2) is 11.6 Å². The van der Waals surface area contributed by atoms with E-state index < -0.39 is 0 Å². The second-order valence-electron chi connectivity index (χ2n) is 15.2. The summed E-state index contributed by atoms with van der Waals surface area (Å²) in [6.07, 6.45) is 18.8. The van der Waals surface area contributed by atoms with Crippen molar-refractivity contribution < 1.29 is 0 Å². The maximum atomic E-state index is 2.85. The summed E-state index contributed by atoms with van der Waals surface area (Å²) in [5.41, 5.74) is 5.04. The highest BCUT2D eigenvalue weighted by molar-refractivity contribution is 5.33. The Kier molecular flexibility index (Phi) is 4.46. The zero-order chi connectivity index (χ0) is 21.8. The van der Waals surface area contributed by atoms with Gasteiger partial charge in [-0.3, -0.25) is 0 Å². The van der Waals surface area contributed by atoms with E-state index in [2.05, 4.69) is 61.5 Å². The average Bonchev–Trinajstić information content (AvgIpc) is 2.63. The minimum atomic E-state index is 0.434. The van der Waals surface area contributed by atoms with Crippen LogP contribution in [0.2, 0.25) is 0 Å². The molecular formula is C30H50. The van der Waals surface area contributed by atoms with Gasteiger partial charge in [0.15, 0.2) is 0 Å². The van der Waals surface area contributed by atoms with E-state index in [1.165, 1.54) is 70.6 Å². The molecule has 30 heavy (non-hydrogen) atoms. The largest absolute Gasteiger partial charge is 0.0841 e. The van der Waals surface area contributed by atoms with E-state index in [0.717, 1.165) is 17.8 Å². The minimum absolute atomic E-state index is 0.434. The van der Waals surface area contributed by atoms with Crippen LogP contribution in [-0.4, -0.2) is 0 Å². The van der Waals surface area contributed by atoms with Crippen LogP contribution in [0.3, 0.4) is 0 Å². The van der Waals surface area contributed by atoms with Crippen LogP contribution in [0.4, 0.5) is 0 Å². The van der Waals surface area contributed by atoms with Gasteiger partial charge in [-0.1, -0.05) is 73.5 Å². The van der Waals surface area contributed by atoms with Crippen molar-refractivity contribution >= 4 is 0 Å². The van der Waals surface area contributed by atoms with Crippen LogP contribution in [0.25, 0.3) is 0 Å². The molecule has 0 amide bonds. The molecule has 4 saturated carbocycles. The van der Waals surface area contributed by atoms with Gasteiger partial charge in [-0.25, -0.2) is 0 Å². The summed E-state index contributed by atoms with van der Waals surface area (Å²) < 4.78 is 0. The molecular weight excluding hydrogens is 360 g/mol. The molecule has 7 unspecified atom stereocenters. The summed E-state index contributed by atoms with van der Waals surface area (Å²) in [7, 11) is 0. The van der Waals surface area contributed by atoms with E-state index in [0.29, 0.717) is 32.5 Å². The van der Waals surface area contributed by atoms with Crippen molar-refractivity contribution in [3.8, 4) is 0 Å². The van der Waals surface area contributed by atoms with Gasteiger partial charge < -0.3 is 0 Å². The lowest BCUT2D eigenvalue weighted by Crippen LogP contribution is -2.62. The topological polar surface area (TPSA) is 0 Å². The Morgan fingerprint density at radius 3 is 2.17 bits per heavy atom. The first-order chi connectivity index (χ1) is 13.8. The van der Waals surface area contributed by atoms with Gasteiger partial charge in [0.2, 0.25) is 0 Å². The lowest BCUT2D eigenvalue weighted by Gasteiger charge is -2.71. The molecule has 0 aromatic carbocycles. The van der Waals surface area contributed by atoms with Crippen molar-refractivity contribution in [3.05, 3.63) is 11.6 Å². The summed E-state index contributed by atoms with van der Waals surface area (Å²) in [6.45, 7) is 21.2. The number of allylic oxidation sites excluding steroid dienone is 2. The molecule has 0 saturated heterocycles.